The van der Waals surface area contributed by atoms with E-state index < -0.39 is 20.7 Å². The van der Waals surface area contributed by atoms with Gasteiger partial charge in [-0.3, -0.25) is 4.79 Å². The van der Waals surface area contributed by atoms with Gasteiger partial charge in [0.2, 0.25) is 15.9 Å². The zero-order valence-electron chi connectivity index (χ0n) is 10.7. The number of amides is 1. The lowest BCUT2D eigenvalue weighted by molar-refractivity contribution is -0.120. The third kappa shape index (κ3) is 4.32. The van der Waals surface area contributed by atoms with Crippen molar-refractivity contribution in [3.05, 3.63) is 23.0 Å². The van der Waals surface area contributed by atoms with E-state index in [-0.39, 0.29) is 29.6 Å². The standard InChI is InChI=1S/C11H15ClFN3O3S/c1-2-15-10(17)3-4-16-20(18,19)9-6-7(14)5-8(12)11(9)13/h5-6,16H,2-4,14H2,1H3,(H,15,17). The van der Waals surface area contributed by atoms with E-state index in [4.69, 9.17) is 17.3 Å². The van der Waals surface area contributed by atoms with Crippen LogP contribution in [0, 0.1) is 5.82 Å². The Hall–Kier alpha value is -1.38. The molecule has 0 fully saturated rings. The van der Waals surface area contributed by atoms with Crippen molar-refractivity contribution in [3.63, 3.8) is 0 Å². The van der Waals surface area contributed by atoms with E-state index in [2.05, 4.69) is 10.0 Å². The van der Waals surface area contributed by atoms with E-state index in [1.807, 2.05) is 0 Å². The maximum absolute atomic E-state index is 13.7. The molecule has 9 heteroatoms. The first-order valence-electron chi connectivity index (χ1n) is 5.78. The second-order valence-corrected chi connectivity index (χ2v) is 6.06. The fourth-order valence-electron chi connectivity index (χ4n) is 1.44. The summed E-state index contributed by atoms with van der Waals surface area (Å²) in [5.41, 5.74) is 5.46. The largest absolute Gasteiger partial charge is 0.399 e. The fraction of sp³-hybridized carbons (Fsp3) is 0.364. The molecule has 1 rings (SSSR count). The van der Waals surface area contributed by atoms with Crippen molar-refractivity contribution in [2.45, 2.75) is 18.2 Å². The van der Waals surface area contributed by atoms with E-state index in [0.29, 0.717) is 6.54 Å². The second kappa shape index (κ2) is 6.87. The summed E-state index contributed by atoms with van der Waals surface area (Å²) >= 11 is 5.54. The van der Waals surface area contributed by atoms with Crippen LogP contribution in [0.4, 0.5) is 10.1 Å². The molecule has 4 N–H and O–H groups in total. The van der Waals surface area contributed by atoms with Crippen LogP contribution in [0.1, 0.15) is 13.3 Å². The Bertz CT molecular complexity index is 607. The first kappa shape index (κ1) is 16.7. The van der Waals surface area contributed by atoms with Gasteiger partial charge in [0.15, 0.2) is 5.82 Å². The lowest BCUT2D eigenvalue weighted by Gasteiger charge is -2.09. The molecule has 0 saturated carbocycles. The highest BCUT2D eigenvalue weighted by Gasteiger charge is 2.21. The Morgan fingerprint density at radius 1 is 1.45 bits per heavy atom. The van der Waals surface area contributed by atoms with Gasteiger partial charge in [0, 0.05) is 25.2 Å². The van der Waals surface area contributed by atoms with Crippen molar-refractivity contribution in [1.29, 1.82) is 0 Å². The quantitative estimate of drug-likeness (QED) is 0.676. The number of nitrogen functional groups attached to an aromatic ring is 1. The normalized spacial score (nSPS) is 11.3. The predicted octanol–water partition coefficient (Wildman–Crippen LogP) is 0.866. The van der Waals surface area contributed by atoms with Crippen LogP contribution in [0.2, 0.25) is 5.02 Å². The van der Waals surface area contributed by atoms with Gasteiger partial charge >= 0.3 is 0 Å². The van der Waals surface area contributed by atoms with Gasteiger partial charge in [0.25, 0.3) is 0 Å². The smallest absolute Gasteiger partial charge is 0.243 e. The van der Waals surface area contributed by atoms with Gasteiger partial charge in [-0.25, -0.2) is 17.5 Å². The molecule has 20 heavy (non-hydrogen) atoms. The van der Waals surface area contributed by atoms with Crippen molar-refractivity contribution >= 4 is 33.2 Å². The molecule has 0 aliphatic rings. The molecule has 0 spiro atoms. The van der Waals surface area contributed by atoms with Gasteiger partial charge in [-0.15, -0.1) is 0 Å². The van der Waals surface area contributed by atoms with Crippen molar-refractivity contribution in [2.24, 2.45) is 0 Å². The van der Waals surface area contributed by atoms with Gasteiger partial charge in [-0.05, 0) is 19.1 Å². The molecule has 112 valence electrons. The number of nitrogens with one attached hydrogen (secondary N) is 2. The zero-order valence-corrected chi connectivity index (χ0v) is 12.3. The molecular formula is C11H15ClFN3O3S. The second-order valence-electron chi connectivity index (χ2n) is 3.92. The molecule has 1 aromatic rings. The molecule has 0 aliphatic heterocycles. The number of halogens is 2. The number of carbonyl (C=O) groups excluding carboxylic acids is 1. The van der Waals surface area contributed by atoms with Crippen LogP contribution in [0.25, 0.3) is 0 Å². The number of rotatable bonds is 6. The summed E-state index contributed by atoms with van der Waals surface area (Å²) in [5.74, 6) is -1.38. The lowest BCUT2D eigenvalue weighted by atomic mass is 10.3. The van der Waals surface area contributed by atoms with Crippen LogP contribution < -0.4 is 15.8 Å². The third-order valence-electron chi connectivity index (χ3n) is 2.32. The molecule has 0 radical (unpaired) electrons. The maximum Gasteiger partial charge on any atom is 0.243 e. The van der Waals surface area contributed by atoms with Crippen LogP contribution in [-0.2, 0) is 14.8 Å². The predicted molar refractivity (Wildman–Crippen MR) is 74.3 cm³/mol. The highest BCUT2D eigenvalue weighted by molar-refractivity contribution is 7.89. The summed E-state index contributed by atoms with van der Waals surface area (Å²) in [5, 5.41) is 2.13. The van der Waals surface area contributed by atoms with Gasteiger partial charge < -0.3 is 11.1 Å². The minimum atomic E-state index is -4.12. The highest BCUT2D eigenvalue weighted by atomic mass is 35.5. The number of sulfonamides is 1. The van der Waals surface area contributed by atoms with E-state index in [9.17, 15) is 17.6 Å². The van der Waals surface area contributed by atoms with E-state index in [1.54, 1.807) is 6.92 Å². The molecule has 0 heterocycles. The van der Waals surface area contributed by atoms with Crippen molar-refractivity contribution in [3.8, 4) is 0 Å². The summed E-state index contributed by atoms with van der Waals surface area (Å²) < 4.78 is 39.6. The molecule has 1 amide bonds. The van der Waals surface area contributed by atoms with Crippen LogP contribution >= 0.6 is 11.6 Å². The van der Waals surface area contributed by atoms with Crippen molar-refractivity contribution in [1.82, 2.24) is 10.0 Å². The number of hydrogen-bond acceptors (Lipinski definition) is 4. The Labute approximate surface area is 121 Å². The monoisotopic (exact) mass is 323 g/mol. The van der Waals surface area contributed by atoms with Crippen molar-refractivity contribution in [2.75, 3.05) is 18.8 Å². The average molecular weight is 324 g/mol. The molecule has 0 aromatic heterocycles. The summed E-state index contributed by atoms with van der Waals surface area (Å²) in [7, 11) is -4.12. The molecule has 0 saturated heterocycles. The Morgan fingerprint density at radius 3 is 2.70 bits per heavy atom. The Morgan fingerprint density at radius 2 is 2.10 bits per heavy atom. The van der Waals surface area contributed by atoms with E-state index in [1.165, 1.54) is 0 Å². The highest BCUT2D eigenvalue weighted by Crippen LogP contribution is 2.25. The number of carbonyl (C=O) groups is 1. The number of nitrogens with two attached hydrogens (primary N) is 1. The molecule has 0 unspecified atom stereocenters. The minimum Gasteiger partial charge on any atom is -0.399 e. The Balaban J connectivity index is 2.82. The van der Waals surface area contributed by atoms with Crippen molar-refractivity contribution < 1.29 is 17.6 Å². The number of hydrogen-bond donors (Lipinski definition) is 3. The van der Waals surface area contributed by atoms with Crippen LogP contribution in [0.3, 0.4) is 0 Å². The van der Waals surface area contributed by atoms with Gasteiger partial charge in [0.05, 0.1) is 5.02 Å². The minimum absolute atomic E-state index is 0.0282. The fourth-order valence-corrected chi connectivity index (χ4v) is 2.89. The molecule has 1 aromatic carbocycles. The summed E-state index contributed by atoms with van der Waals surface area (Å²) in [6, 6.07) is 2.08. The molecular weight excluding hydrogens is 309 g/mol. The van der Waals surface area contributed by atoms with Crippen LogP contribution in [-0.4, -0.2) is 27.4 Å². The van der Waals surface area contributed by atoms with Crippen LogP contribution in [0.15, 0.2) is 17.0 Å². The number of anilines is 1. The summed E-state index contributed by atoms with van der Waals surface area (Å²) in [6.45, 7) is 2.04. The molecule has 6 nitrogen and oxygen atoms in total. The number of benzene rings is 1. The molecule has 0 atom stereocenters. The van der Waals surface area contributed by atoms with E-state index >= 15 is 0 Å². The SMILES string of the molecule is CCNC(=O)CCNS(=O)(=O)c1cc(N)cc(Cl)c1F. The average Bonchev–Trinajstić information content (AvgIpc) is 2.33. The lowest BCUT2D eigenvalue weighted by Crippen LogP contribution is -2.31. The Kier molecular flexibility index (Phi) is 5.73. The van der Waals surface area contributed by atoms with Crippen LogP contribution in [0.5, 0.6) is 0 Å². The van der Waals surface area contributed by atoms with Gasteiger partial charge in [0.1, 0.15) is 4.90 Å². The summed E-state index contributed by atoms with van der Waals surface area (Å²) in [4.78, 5) is 10.5. The van der Waals surface area contributed by atoms with Gasteiger partial charge in [-0.2, -0.15) is 0 Å². The molecule has 0 aliphatic carbocycles. The van der Waals surface area contributed by atoms with Gasteiger partial charge in [-0.1, -0.05) is 11.6 Å². The molecule has 0 bridgehead atoms. The first-order valence-corrected chi connectivity index (χ1v) is 7.65. The maximum atomic E-state index is 13.7. The first-order chi connectivity index (χ1) is 9.27. The van der Waals surface area contributed by atoms with E-state index in [0.717, 1.165) is 12.1 Å². The topological polar surface area (TPSA) is 101 Å². The zero-order chi connectivity index (χ0) is 15.3. The summed E-state index contributed by atoms with van der Waals surface area (Å²) in [6.07, 6.45) is -0.0509. The third-order valence-corrected chi connectivity index (χ3v) is 4.06.